The van der Waals surface area contributed by atoms with E-state index in [1.807, 2.05) is 13.8 Å². The van der Waals surface area contributed by atoms with E-state index in [-0.39, 0.29) is 19.2 Å². The second-order valence-electron chi connectivity index (χ2n) is 3.43. The van der Waals surface area contributed by atoms with Crippen LogP contribution in [0.3, 0.4) is 0 Å². The Labute approximate surface area is 112 Å². The minimum Gasteiger partial charge on any atom is -0.466 e. The molecule has 0 bridgehead atoms. The molecule has 0 aromatic heterocycles. The molecule has 0 aromatic carbocycles. The van der Waals surface area contributed by atoms with E-state index in [1.54, 1.807) is 4.90 Å². The lowest BCUT2D eigenvalue weighted by Crippen LogP contribution is -2.41. The summed E-state index contributed by atoms with van der Waals surface area (Å²) in [5, 5.41) is 2.61. The van der Waals surface area contributed by atoms with E-state index < -0.39 is 11.9 Å². The van der Waals surface area contributed by atoms with Crippen molar-refractivity contribution in [1.29, 1.82) is 0 Å². The molecule has 19 heavy (non-hydrogen) atoms. The summed E-state index contributed by atoms with van der Waals surface area (Å²) in [5.41, 5.74) is 0. The summed E-state index contributed by atoms with van der Waals surface area (Å²) in [6.07, 6.45) is 1.94. The van der Waals surface area contributed by atoms with Crippen LogP contribution in [0.5, 0.6) is 0 Å². The summed E-state index contributed by atoms with van der Waals surface area (Å²) in [4.78, 5) is 34.9. The number of hydrogen-bond donors (Lipinski definition) is 1. The summed E-state index contributed by atoms with van der Waals surface area (Å²) in [5.74, 6) is -1.30. The maximum atomic E-state index is 11.5. The number of methoxy groups -OCH3 is 1. The van der Waals surface area contributed by atoms with Crippen molar-refractivity contribution in [2.75, 3.05) is 33.4 Å². The molecule has 7 heteroatoms. The Morgan fingerprint density at radius 1 is 1.11 bits per heavy atom. The van der Waals surface area contributed by atoms with Gasteiger partial charge < -0.3 is 19.7 Å². The van der Waals surface area contributed by atoms with Crippen LogP contribution in [-0.2, 0) is 19.1 Å². The first kappa shape index (κ1) is 16.9. The number of urea groups is 1. The number of amides is 2. The van der Waals surface area contributed by atoms with Gasteiger partial charge in [0.15, 0.2) is 0 Å². The molecule has 0 aliphatic rings. The van der Waals surface area contributed by atoms with Crippen LogP contribution < -0.4 is 5.32 Å². The fourth-order valence-electron chi connectivity index (χ4n) is 1.18. The fourth-order valence-corrected chi connectivity index (χ4v) is 1.18. The summed E-state index contributed by atoms with van der Waals surface area (Å²) >= 11 is 0. The first-order valence-electron chi connectivity index (χ1n) is 6.00. The number of nitrogens with zero attached hydrogens (tertiary/aromatic N) is 1. The van der Waals surface area contributed by atoms with Crippen LogP contribution in [0, 0.1) is 0 Å². The number of carbonyl (C=O) groups excluding carboxylic acids is 3. The van der Waals surface area contributed by atoms with E-state index in [9.17, 15) is 14.4 Å². The molecular formula is C12H20N2O5. The number of hydrogen-bond acceptors (Lipinski definition) is 5. The van der Waals surface area contributed by atoms with Crippen molar-refractivity contribution in [3.63, 3.8) is 0 Å². The summed E-state index contributed by atoms with van der Waals surface area (Å²) in [7, 11) is 1.21. The first-order valence-corrected chi connectivity index (χ1v) is 6.00. The largest absolute Gasteiger partial charge is 0.466 e. The Kier molecular flexibility index (Phi) is 8.86. The maximum absolute atomic E-state index is 11.5. The monoisotopic (exact) mass is 272 g/mol. The van der Waals surface area contributed by atoms with Gasteiger partial charge in [-0.05, 0) is 13.8 Å². The lowest BCUT2D eigenvalue weighted by atomic mass is 10.5. The van der Waals surface area contributed by atoms with Crippen LogP contribution >= 0.6 is 0 Å². The number of esters is 2. The van der Waals surface area contributed by atoms with Crippen LogP contribution in [0.25, 0.3) is 0 Å². The van der Waals surface area contributed by atoms with Crippen LogP contribution in [0.4, 0.5) is 4.79 Å². The van der Waals surface area contributed by atoms with Crippen molar-refractivity contribution in [3.05, 3.63) is 12.2 Å². The number of carbonyl (C=O) groups is 3. The smallest absolute Gasteiger partial charge is 0.331 e. The molecule has 2 amide bonds. The van der Waals surface area contributed by atoms with Gasteiger partial charge in [0.25, 0.3) is 0 Å². The third-order valence-corrected chi connectivity index (χ3v) is 2.23. The van der Waals surface area contributed by atoms with Gasteiger partial charge in [0.05, 0.1) is 13.7 Å². The molecule has 1 N–H and O–H groups in total. The van der Waals surface area contributed by atoms with Crippen LogP contribution in [0.2, 0.25) is 0 Å². The van der Waals surface area contributed by atoms with Gasteiger partial charge in [-0.1, -0.05) is 0 Å². The van der Waals surface area contributed by atoms with Gasteiger partial charge in [0.2, 0.25) is 0 Å². The van der Waals surface area contributed by atoms with Crippen LogP contribution in [-0.4, -0.2) is 56.2 Å². The van der Waals surface area contributed by atoms with Gasteiger partial charge in [-0.15, -0.1) is 0 Å². The van der Waals surface area contributed by atoms with Gasteiger partial charge in [-0.2, -0.15) is 0 Å². The highest BCUT2D eigenvalue weighted by atomic mass is 16.5. The molecule has 0 aromatic rings. The quantitative estimate of drug-likeness (QED) is 0.409. The highest BCUT2D eigenvalue weighted by molar-refractivity contribution is 5.91. The Hall–Kier alpha value is -2.05. The standard InChI is InChI=1S/C12H20N2O5/c1-4-14(5-2)12(17)13-8-9-19-11(16)7-6-10(15)18-3/h6-7H,4-5,8-9H2,1-3H3,(H,13,17)/b7-6+. The Morgan fingerprint density at radius 3 is 2.21 bits per heavy atom. The van der Waals surface area contributed by atoms with Crippen LogP contribution in [0.1, 0.15) is 13.8 Å². The van der Waals surface area contributed by atoms with E-state index in [0.717, 1.165) is 12.2 Å². The lowest BCUT2D eigenvalue weighted by Gasteiger charge is -2.18. The summed E-state index contributed by atoms with van der Waals surface area (Å²) in [6, 6.07) is -0.203. The van der Waals surface area contributed by atoms with E-state index in [0.29, 0.717) is 13.1 Å². The number of ether oxygens (including phenoxy) is 2. The van der Waals surface area contributed by atoms with E-state index in [1.165, 1.54) is 7.11 Å². The predicted molar refractivity (Wildman–Crippen MR) is 68.4 cm³/mol. The van der Waals surface area contributed by atoms with Crippen molar-refractivity contribution in [1.82, 2.24) is 10.2 Å². The molecular weight excluding hydrogens is 252 g/mol. The minimum atomic E-state index is -0.664. The molecule has 108 valence electrons. The van der Waals surface area contributed by atoms with E-state index >= 15 is 0 Å². The zero-order valence-electron chi connectivity index (χ0n) is 11.5. The van der Waals surface area contributed by atoms with Crippen LogP contribution in [0.15, 0.2) is 12.2 Å². The molecule has 0 fully saturated rings. The van der Waals surface area contributed by atoms with Crippen molar-refractivity contribution < 1.29 is 23.9 Å². The van der Waals surface area contributed by atoms with Crippen molar-refractivity contribution in [2.24, 2.45) is 0 Å². The minimum absolute atomic E-state index is 0.0390. The summed E-state index contributed by atoms with van der Waals surface area (Å²) < 4.78 is 9.08. The molecule has 7 nitrogen and oxygen atoms in total. The highest BCUT2D eigenvalue weighted by Crippen LogP contribution is 1.88. The normalized spacial score (nSPS) is 10.1. The molecule has 0 heterocycles. The Bertz CT molecular complexity index is 337. The molecule has 0 radical (unpaired) electrons. The van der Waals surface area contributed by atoms with E-state index in [4.69, 9.17) is 4.74 Å². The lowest BCUT2D eigenvalue weighted by molar-refractivity contribution is -0.139. The van der Waals surface area contributed by atoms with Crippen molar-refractivity contribution in [3.8, 4) is 0 Å². The average molecular weight is 272 g/mol. The maximum Gasteiger partial charge on any atom is 0.331 e. The SMILES string of the molecule is CCN(CC)C(=O)NCCOC(=O)/C=C/C(=O)OC. The zero-order chi connectivity index (χ0) is 14.7. The van der Waals surface area contributed by atoms with Gasteiger partial charge in [0.1, 0.15) is 6.61 Å². The third-order valence-electron chi connectivity index (χ3n) is 2.23. The van der Waals surface area contributed by atoms with Gasteiger partial charge in [-0.3, -0.25) is 0 Å². The summed E-state index contributed by atoms with van der Waals surface area (Å²) in [6.45, 7) is 5.24. The molecule has 0 saturated heterocycles. The highest BCUT2D eigenvalue weighted by Gasteiger charge is 2.07. The first-order chi connectivity index (χ1) is 9.04. The third kappa shape index (κ3) is 7.80. The van der Waals surface area contributed by atoms with Crippen molar-refractivity contribution >= 4 is 18.0 Å². The van der Waals surface area contributed by atoms with E-state index in [2.05, 4.69) is 10.1 Å². The van der Waals surface area contributed by atoms with Gasteiger partial charge in [0, 0.05) is 25.2 Å². The molecule has 0 saturated carbocycles. The van der Waals surface area contributed by atoms with Crippen molar-refractivity contribution in [2.45, 2.75) is 13.8 Å². The molecule has 0 aliphatic carbocycles. The molecule has 0 unspecified atom stereocenters. The molecule has 0 rings (SSSR count). The fraction of sp³-hybridized carbons (Fsp3) is 0.583. The topological polar surface area (TPSA) is 84.9 Å². The number of rotatable bonds is 7. The number of nitrogens with one attached hydrogen (secondary N) is 1. The molecule has 0 spiro atoms. The molecule has 0 atom stereocenters. The zero-order valence-corrected chi connectivity index (χ0v) is 11.5. The second kappa shape index (κ2) is 9.93. The van der Waals surface area contributed by atoms with Gasteiger partial charge >= 0.3 is 18.0 Å². The average Bonchev–Trinajstić information content (AvgIpc) is 2.42. The second-order valence-corrected chi connectivity index (χ2v) is 3.43. The Balaban J connectivity index is 3.80. The van der Waals surface area contributed by atoms with Gasteiger partial charge in [-0.25, -0.2) is 14.4 Å². The Morgan fingerprint density at radius 2 is 1.68 bits per heavy atom. The predicted octanol–water partition coefficient (Wildman–Crippen LogP) is 0.310. The molecule has 0 aliphatic heterocycles.